The van der Waals surface area contributed by atoms with Crippen molar-refractivity contribution in [1.29, 1.82) is 0 Å². The number of aryl methyl sites for hydroxylation is 1. The molecular formula is C22H22N4O. The van der Waals surface area contributed by atoms with Crippen molar-refractivity contribution in [1.82, 2.24) is 19.7 Å². The molecule has 0 aliphatic heterocycles. The minimum absolute atomic E-state index is 0.510. The molecule has 136 valence electrons. The van der Waals surface area contributed by atoms with Gasteiger partial charge in [-0.2, -0.15) is 0 Å². The number of aromatic nitrogens is 4. The van der Waals surface area contributed by atoms with Crippen LogP contribution in [0.1, 0.15) is 44.0 Å². The molecule has 1 fully saturated rings. The lowest BCUT2D eigenvalue weighted by molar-refractivity contribution is 0.362. The first-order chi connectivity index (χ1) is 13.3. The van der Waals surface area contributed by atoms with Crippen molar-refractivity contribution in [2.75, 3.05) is 0 Å². The van der Waals surface area contributed by atoms with Gasteiger partial charge in [-0.15, -0.1) is 10.2 Å². The topological polar surface area (TPSA) is 56.7 Å². The number of nitrogens with zero attached hydrogens (tertiary/aromatic N) is 4. The summed E-state index contributed by atoms with van der Waals surface area (Å²) in [5.41, 5.74) is 4.24. The highest BCUT2D eigenvalue weighted by atomic mass is 16.4. The van der Waals surface area contributed by atoms with E-state index in [2.05, 4.69) is 57.2 Å². The van der Waals surface area contributed by atoms with Gasteiger partial charge in [0, 0.05) is 24.1 Å². The summed E-state index contributed by atoms with van der Waals surface area (Å²) < 4.78 is 8.05. The third-order valence-electron chi connectivity index (χ3n) is 5.43. The standard InChI is InChI=1S/C22H22N4O/c1-15-24-25-22(27-15)17-12-13-20-19(14-17)23-21(16-8-4-2-5-9-16)26(20)18-10-6-3-7-11-18/h2,4-5,8-9,12-14,18H,3,6-7,10-11H2,1H3. The van der Waals surface area contributed by atoms with Crippen LogP contribution in [-0.2, 0) is 0 Å². The highest BCUT2D eigenvalue weighted by Gasteiger charge is 2.22. The quantitative estimate of drug-likeness (QED) is 0.480. The van der Waals surface area contributed by atoms with Gasteiger partial charge in [-0.25, -0.2) is 4.98 Å². The van der Waals surface area contributed by atoms with Gasteiger partial charge in [0.05, 0.1) is 11.0 Å². The highest BCUT2D eigenvalue weighted by molar-refractivity contribution is 5.84. The lowest BCUT2D eigenvalue weighted by Crippen LogP contribution is -2.13. The van der Waals surface area contributed by atoms with E-state index in [9.17, 15) is 0 Å². The fourth-order valence-corrected chi connectivity index (χ4v) is 4.14. The predicted octanol–water partition coefficient (Wildman–Crippen LogP) is 5.57. The summed E-state index contributed by atoms with van der Waals surface area (Å²) >= 11 is 0. The average molecular weight is 358 g/mol. The molecule has 2 heterocycles. The molecular weight excluding hydrogens is 336 g/mol. The maximum absolute atomic E-state index is 5.60. The van der Waals surface area contributed by atoms with E-state index in [1.165, 1.54) is 37.6 Å². The summed E-state index contributed by atoms with van der Waals surface area (Å²) in [6, 6.07) is 17.3. The van der Waals surface area contributed by atoms with Crippen LogP contribution in [0, 0.1) is 6.92 Å². The fraction of sp³-hybridized carbons (Fsp3) is 0.318. The molecule has 0 saturated heterocycles. The molecule has 1 aliphatic carbocycles. The Kier molecular flexibility index (Phi) is 4.00. The van der Waals surface area contributed by atoms with Crippen LogP contribution < -0.4 is 0 Å². The van der Waals surface area contributed by atoms with Crippen LogP contribution in [-0.4, -0.2) is 19.7 Å². The van der Waals surface area contributed by atoms with Crippen molar-refractivity contribution < 1.29 is 4.42 Å². The van der Waals surface area contributed by atoms with Crippen molar-refractivity contribution in [3.63, 3.8) is 0 Å². The molecule has 27 heavy (non-hydrogen) atoms. The molecule has 1 aliphatic rings. The van der Waals surface area contributed by atoms with E-state index < -0.39 is 0 Å². The molecule has 5 heteroatoms. The maximum atomic E-state index is 5.60. The number of hydrogen-bond donors (Lipinski definition) is 0. The smallest absolute Gasteiger partial charge is 0.247 e. The largest absolute Gasteiger partial charge is 0.421 e. The van der Waals surface area contributed by atoms with Gasteiger partial charge in [0.15, 0.2) is 0 Å². The van der Waals surface area contributed by atoms with Gasteiger partial charge in [-0.1, -0.05) is 49.6 Å². The molecule has 1 saturated carbocycles. The van der Waals surface area contributed by atoms with E-state index in [1.807, 2.05) is 6.07 Å². The molecule has 0 bridgehead atoms. The Morgan fingerprint density at radius 3 is 2.48 bits per heavy atom. The lowest BCUT2D eigenvalue weighted by Gasteiger charge is -2.25. The van der Waals surface area contributed by atoms with E-state index in [0.29, 0.717) is 17.8 Å². The second kappa shape index (κ2) is 6.65. The van der Waals surface area contributed by atoms with Crippen molar-refractivity contribution in [2.24, 2.45) is 0 Å². The summed E-state index contributed by atoms with van der Waals surface area (Å²) in [5, 5.41) is 8.09. The first-order valence-corrected chi connectivity index (χ1v) is 9.67. The zero-order valence-electron chi connectivity index (χ0n) is 15.4. The van der Waals surface area contributed by atoms with Gasteiger partial charge < -0.3 is 8.98 Å². The minimum Gasteiger partial charge on any atom is -0.421 e. The van der Waals surface area contributed by atoms with Crippen LogP contribution in [0.25, 0.3) is 33.9 Å². The number of imidazole rings is 1. The van der Waals surface area contributed by atoms with Crippen LogP contribution in [0.5, 0.6) is 0 Å². The first-order valence-electron chi connectivity index (χ1n) is 9.67. The minimum atomic E-state index is 0.510. The second-order valence-electron chi connectivity index (χ2n) is 7.29. The number of rotatable bonds is 3. The monoisotopic (exact) mass is 358 g/mol. The van der Waals surface area contributed by atoms with Crippen LogP contribution in [0.4, 0.5) is 0 Å². The molecule has 0 radical (unpaired) electrons. The summed E-state index contributed by atoms with van der Waals surface area (Å²) in [6.07, 6.45) is 6.35. The molecule has 0 atom stereocenters. The van der Waals surface area contributed by atoms with Crippen LogP contribution >= 0.6 is 0 Å². The molecule has 0 spiro atoms. The van der Waals surface area contributed by atoms with E-state index in [1.54, 1.807) is 6.92 Å². The Morgan fingerprint density at radius 2 is 1.74 bits per heavy atom. The second-order valence-corrected chi connectivity index (χ2v) is 7.29. The number of hydrogen-bond acceptors (Lipinski definition) is 4. The highest BCUT2D eigenvalue weighted by Crippen LogP contribution is 2.36. The van der Waals surface area contributed by atoms with E-state index in [-0.39, 0.29) is 0 Å². The Balaban J connectivity index is 1.69. The summed E-state index contributed by atoms with van der Waals surface area (Å²) in [5.74, 6) is 2.17. The summed E-state index contributed by atoms with van der Waals surface area (Å²) in [4.78, 5) is 5.02. The van der Waals surface area contributed by atoms with Gasteiger partial charge in [-0.05, 0) is 31.0 Å². The summed E-state index contributed by atoms with van der Waals surface area (Å²) in [6.45, 7) is 1.81. The van der Waals surface area contributed by atoms with Crippen molar-refractivity contribution in [3.8, 4) is 22.8 Å². The van der Waals surface area contributed by atoms with Crippen LogP contribution in [0.15, 0.2) is 52.9 Å². The molecule has 4 aromatic rings. The van der Waals surface area contributed by atoms with Gasteiger partial charge in [0.1, 0.15) is 5.82 Å². The van der Waals surface area contributed by atoms with Gasteiger partial charge in [-0.3, -0.25) is 0 Å². The fourth-order valence-electron chi connectivity index (χ4n) is 4.14. The Hall–Kier alpha value is -2.95. The third kappa shape index (κ3) is 2.93. The van der Waals surface area contributed by atoms with Crippen LogP contribution in [0.2, 0.25) is 0 Å². The predicted molar refractivity (Wildman–Crippen MR) is 105 cm³/mol. The molecule has 2 aromatic carbocycles. The zero-order chi connectivity index (χ0) is 18.2. The van der Waals surface area contributed by atoms with Gasteiger partial charge >= 0.3 is 0 Å². The van der Waals surface area contributed by atoms with Gasteiger partial charge in [0.2, 0.25) is 11.8 Å². The van der Waals surface area contributed by atoms with Crippen molar-refractivity contribution >= 4 is 11.0 Å². The molecule has 0 N–H and O–H groups in total. The normalized spacial score (nSPS) is 15.4. The van der Waals surface area contributed by atoms with Crippen molar-refractivity contribution in [3.05, 3.63) is 54.4 Å². The van der Waals surface area contributed by atoms with Gasteiger partial charge in [0.25, 0.3) is 0 Å². The SMILES string of the molecule is Cc1nnc(-c2ccc3c(c2)nc(-c2ccccc2)n3C2CCCCC2)o1. The molecule has 2 aromatic heterocycles. The molecule has 0 unspecified atom stereocenters. The van der Waals surface area contributed by atoms with Crippen molar-refractivity contribution in [2.45, 2.75) is 45.1 Å². The maximum Gasteiger partial charge on any atom is 0.247 e. The zero-order valence-corrected chi connectivity index (χ0v) is 15.4. The Morgan fingerprint density at radius 1 is 0.926 bits per heavy atom. The Bertz CT molecular complexity index is 1070. The van der Waals surface area contributed by atoms with E-state index >= 15 is 0 Å². The first kappa shape index (κ1) is 16.2. The molecule has 5 nitrogen and oxygen atoms in total. The molecule has 5 rings (SSSR count). The molecule has 0 amide bonds. The van der Waals surface area contributed by atoms with Crippen LogP contribution in [0.3, 0.4) is 0 Å². The lowest BCUT2D eigenvalue weighted by atomic mass is 9.95. The number of fused-ring (bicyclic) bond motifs is 1. The summed E-state index contributed by atoms with van der Waals surface area (Å²) in [7, 11) is 0. The van der Waals surface area contributed by atoms with E-state index in [0.717, 1.165) is 22.5 Å². The Labute approximate surface area is 158 Å². The average Bonchev–Trinajstić information content (AvgIpc) is 3.32. The third-order valence-corrected chi connectivity index (χ3v) is 5.43. The van der Waals surface area contributed by atoms with E-state index in [4.69, 9.17) is 9.40 Å². The number of benzene rings is 2.